The molecule has 2 aromatic carbocycles. The van der Waals surface area contributed by atoms with Gasteiger partial charge in [-0.25, -0.2) is 0 Å². The minimum absolute atomic E-state index is 0.0141. The van der Waals surface area contributed by atoms with Gasteiger partial charge in [-0.15, -0.1) is 0 Å². The van der Waals surface area contributed by atoms with Crippen molar-refractivity contribution in [3.8, 4) is 0 Å². The SMILES string of the molecule is CC(=O)Nc1cccc(NC(=O)C(=O)NCC(c2ccc3c(c2)CCN3C)N2CCN(C)CC2)c1. The third-order valence-electron chi connectivity index (χ3n) is 6.70. The third kappa shape index (κ3) is 6.17. The summed E-state index contributed by atoms with van der Waals surface area (Å²) in [4.78, 5) is 43.5. The Labute approximate surface area is 206 Å². The zero-order chi connectivity index (χ0) is 24.9. The van der Waals surface area contributed by atoms with E-state index < -0.39 is 11.8 Å². The van der Waals surface area contributed by atoms with Gasteiger partial charge in [0, 0.05) is 70.3 Å². The van der Waals surface area contributed by atoms with Crippen molar-refractivity contribution in [1.29, 1.82) is 0 Å². The first-order valence-corrected chi connectivity index (χ1v) is 12.0. The number of nitrogens with zero attached hydrogens (tertiary/aromatic N) is 3. The quantitative estimate of drug-likeness (QED) is 0.547. The van der Waals surface area contributed by atoms with E-state index in [4.69, 9.17) is 0 Å². The van der Waals surface area contributed by atoms with Gasteiger partial charge >= 0.3 is 11.8 Å². The predicted molar refractivity (Wildman–Crippen MR) is 138 cm³/mol. The van der Waals surface area contributed by atoms with E-state index in [1.807, 2.05) is 0 Å². The molecule has 0 spiro atoms. The first kappa shape index (κ1) is 24.7. The van der Waals surface area contributed by atoms with Gasteiger partial charge in [-0.1, -0.05) is 18.2 Å². The zero-order valence-corrected chi connectivity index (χ0v) is 20.6. The maximum atomic E-state index is 12.7. The van der Waals surface area contributed by atoms with Crippen LogP contribution >= 0.6 is 0 Å². The highest BCUT2D eigenvalue weighted by molar-refractivity contribution is 6.39. The Hall–Kier alpha value is -3.43. The average Bonchev–Trinajstić information content (AvgIpc) is 3.20. The molecule has 35 heavy (non-hydrogen) atoms. The van der Waals surface area contributed by atoms with Crippen molar-refractivity contribution in [2.75, 3.05) is 68.9 Å². The lowest BCUT2D eigenvalue weighted by atomic mass is 10.00. The van der Waals surface area contributed by atoms with Gasteiger partial charge < -0.3 is 25.8 Å². The lowest BCUT2D eigenvalue weighted by molar-refractivity contribution is -0.136. The van der Waals surface area contributed by atoms with Crippen molar-refractivity contribution < 1.29 is 14.4 Å². The van der Waals surface area contributed by atoms with Crippen molar-refractivity contribution in [2.24, 2.45) is 0 Å². The molecule has 1 fully saturated rings. The van der Waals surface area contributed by atoms with Crippen LogP contribution in [0.25, 0.3) is 0 Å². The van der Waals surface area contributed by atoms with Crippen molar-refractivity contribution in [3.63, 3.8) is 0 Å². The van der Waals surface area contributed by atoms with Gasteiger partial charge in [0.25, 0.3) is 0 Å². The van der Waals surface area contributed by atoms with Crippen molar-refractivity contribution >= 4 is 34.8 Å². The first-order chi connectivity index (χ1) is 16.8. The van der Waals surface area contributed by atoms with E-state index in [1.54, 1.807) is 24.3 Å². The van der Waals surface area contributed by atoms with Gasteiger partial charge in [-0.2, -0.15) is 0 Å². The fourth-order valence-electron chi connectivity index (χ4n) is 4.72. The smallest absolute Gasteiger partial charge is 0.313 e. The molecule has 2 aromatic rings. The van der Waals surface area contributed by atoms with Crippen LogP contribution < -0.4 is 20.9 Å². The molecule has 0 bridgehead atoms. The molecule has 3 amide bonds. The molecule has 3 N–H and O–H groups in total. The lowest BCUT2D eigenvalue weighted by Crippen LogP contribution is -2.49. The highest BCUT2D eigenvalue weighted by atomic mass is 16.2. The maximum Gasteiger partial charge on any atom is 0.313 e. The molecule has 0 aliphatic carbocycles. The molecule has 186 valence electrons. The Morgan fingerprint density at radius 3 is 2.31 bits per heavy atom. The van der Waals surface area contributed by atoms with Crippen LogP contribution in [-0.2, 0) is 20.8 Å². The molecule has 2 aliphatic rings. The van der Waals surface area contributed by atoms with Crippen LogP contribution in [0.2, 0.25) is 0 Å². The van der Waals surface area contributed by atoms with Crippen LogP contribution in [0.4, 0.5) is 17.1 Å². The molecular formula is C26H34N6O3. The van der Waals surface area contributed by atoms with Gasteiger partial charge in [0.15, 0.2) is 0 Å². The summed E-state index contributed by atoms with van der Waals surface area (Å²) in [6.45, 7) is 6.49. The van der Waals surface area contributed by atoms with Crippen LogP contribution in [0.3, 0.4) is 0 Å². The van der Waals surface area contributed by atoms with E-state index >= 15 is 0 Å². The van der Waals surface area contributed by atoms with E-state index in [2.05, 4.69) is 62.9 Å². The van der Waals surface area contributed by atoms with Crippen molar-refractivity contribution in [2.45, 2.75) is 19.4 Å². The number of fused-ring (bicyclic) bond motifs is 1. The summed E-state index contributed by atoms with van der Waals surface area (Å²) in [5.74, 6) is -1.63. The number of hydrogen-bond acceptors (Lipinski definition) is 6. The topological polar surface area (TPSA) is 97.0 Å². The molecule has 1 unspecified atom stereocenters. The maximum absolute atomic E-state index is 12.7. The molecule has 0 saturated carbocycles. The second kappa shape index (κ2) is 10.9. The zero-order valence-electron chi connectivity index (χ0n) is 20.6. The second-order valence-electron chi connectivity index (χ2n) is 9.34. The molecule has 1 saturated heterocycles. The van der Waals surface area contributed by atoms with Crippen molar-refractivity contribution in [1.82, 2.24) is 15.1 Å². The molecule has 0 radical (unpaired) electrons. The van der Waals surface area contributed by atoms with Gasteiger partial charge in [-0.05, 0) is 48.9 Å². The first-order valence-electron chi connectivity index (χ1n) is 12.0. The molecule has 0 aromatic heterocycles. The summed E-state index contributed by atoms with van der Waals surface area (Å²) >= 11 is 0. The Bertz CT molecular complexity index is 1100. The Morgan fingerprint density at radius 1 is 0.886 bits per heavy atom. The summed E-state index contributed by atoms with van der Waals surface area (Å²) in [7, 11) is 4.22. The number of rotatable bonds is 6. The number of nitrogens with one attached hydrogen (secondary N) is 3. The average molecular weight is 479 g/mol. The van der Waals surface area contributed by atoms with E-state index in [0.717, 1.165) is 44.7 Å². The summed E-state index contributed by atoms with van der Waals surface area (Å²) in [5.41, 5.74) is 4.73. The van der Waals surface area contributed by atoms with Crippen molar-refractivity contribution in [3.05, 3.63) is 53.6 Å². The Balaban J connectivity index is 1.43. The monoisotopic (exact) mass is 478 g/mol. The number of anilines is 3. The van der Waals surface area contributed by atoms with E-state index in [1.165, 1.54) is 18.2 Å². The second-order valence-corrected chi connectivity index (χ2v) is 9.34. The summed E-state index contributed by atoms with van der Waals surface area (Å²) < 4.78 is 0. The third-order valence-corrected chi connectivity index (χ3v) is 6.70. The molecule has 2 aliphatic heterocycles. The molecular weight excluding hydrogens is 444 g/mol. The summed E-state index contributed by atoms with van der Waals surface area (Å²) in [5, 5.41) is 8.12. The number of benzene rings is 2. The van der Waals surface area contributed by atoms with Gasteiger partial charge in [0.05, 0.1) is 6.04 Å². The fraction of sp³-hybridized carbons (Fsp3) is 0.423. The molecule has 9 heteroatoms. The summed E-state index contributed by atoms with van der Waals surface area (Å²) in [6.07, 6.45) is 1.02. The normalized spacial score (nSPS) is 16.9. The van der Waals surface area contributed by atoms with Crippen LogP contribution in [0.1, 0.15) is 24.1 Å². The number of likely N-dealkylation sites (N-methyl/N-ethyl adjacent to an activating group) is 2. The molecule has 4 rings (SSSR count). The number of hydrogen-bond donors (Lipinski definition) is 3. The Kier molecular flexibility index (Phi) is 7.67. The van der Waals surface area contributed by atoms with Gasteiger partial charge in [0.1, 0.15) is 0 Å². The van der Waals surface area contributed by atoms with Gasteiger partial charge in [-0.3, -0.25) is 19.3 Å². The molecule has 1 atom stereocenters. The van der Waals surface area contributed by atoms with Crippen LogP contribution in [0, 0.1) is 0 Å². The minimum Gasteiger partial charge on any atom is -0.374 e. The highest BCUT2D eigenvalue weighted by Gasteiger charge is 2.27. The summed E-state index contributed by atoms with van der Waals surface area (Å²) in [6, 6.07) is 13.2. The van der Waals surface area contributed by atoms with Crippen LogP contribution in [0.5, 0.6) is 0 Å². The van der Waals surface area contributed by atoms with Gasteiger partial charge in [0.2, 0.25) is 5.91 Å². The van der Waals surface area contributed by atoms with E-state index in [-0.39, 0.29) is 11.9 Å². The van der Waals surface area contributed by atoms with Crippen LogP contribution in [-0.4, -0.2) is 80.9 Å². The fourth-order valence-corrected chi connectivity index (χ4v) is 4.72. The molecule has 2 heterocycles. The number of piperazine rings is 1. The Morgan fingerprint density at radius 2 is 1.60 bits per heavy atom. The molecule has 9 nitrogen and oxygen atoms in total. The largest absolute Gasteiger partial charge is 0.374 e. The van der Waals surface area contributed by atoms with E-state index in [9.17, 15) is 14.4 Å². The highest BCUT2D eigenvalue weighted by Crippen LogP contribution is 2.31. The standard InChI is InChI=1S/C26H34N6O3/c1-18(33)28-21-5-4-6-22(16-21)29-26(35)25(34)27-17-24(32-13-11-30(2)12-14-32)19-7-8-23-20(15-19)9-10-31(23)3/h4-8,15-16,24H,9-14,17H2,1-3H3,(H,27,34)(H,28,33)(H,29,35). The predicted octanol–water partition coefficient (Wildman–Crippen LogP) is 1.68. The minimum atomic E-state index is -0.738. The lowest BCUT2D eigenvalue weighted by Gasteiger charge is -2.38. The van der Waals surface area contributed by atoms with E-state index in [0.29, 0.717) is 17.9 Å². The number of carbonyl (C=O) groups is 3. The van der Waals surface area contributed by atoms with Crippen LogP contribution in [0.15, 0.2) is 42.5 Å². The number of carbonyl (C=O) groups excluding carboxylic acids is 3. The number of amides is 3.